The maximum atomic E-state index is 14.5. The highest BCUT2D eigenvalue weighted by Gasteiger charge is 2.30. The van der Waals surface area contributed by atoms with Gasteiger partial charge in [-0.2, -0.15) is 11.8 Å². The third-order valence-corrected chi connectivity index (χ3v) is 7.97. The third-order valence-electron chi connectivity index (χ3n) is 6.88. The summed E-state index contributed by atoms with van der Waals surface area (Å²) in [7, 11) is 1.59. The number of ether oxygens (including phenoxy) is 1. The largest absolute Gasteiger partial charge is 0.395 e. The molecule has 1 aromatic carbocycles. The van der Waals surface area contributed by atoms with Crippen molar-refractivity contribution in [1.29, 1.82) is 0 Å². The fraction of sp³-hybridized carbons (Fsp3) is 0.440. The molecule has 1 fully saturated rings. The lowest BCUT2D eigenvalue weighted by Gasteiger charge is -2.35. The molecule has 0 radical (unpaired) electrons. The Hall–Kier alpha value is -2.26. The van der Waals surface area contributed by atoms with Gasteiger partial charge in [-0.15, -0.1) is 0 Å². The number of halogens is 1. The van der Waals surface area contributed by atoms with Crippen LogP contribution in [0.4, 0.5) is 4.39 Å². The molecule has 1 N–H and O–H groups in total. The smallest absolute Gasteiger partial charge is 0.257 e. The minimum Gasteiger partial charge on any atom is -0.395 e. The van der Waals surface area contributed by atoms with Crippen molar-refractivity contribution in [2.75, 3.05) is 31.8 Å². The molecule has 1 atom stereocenters. The fourth-order valence-corrected chi connectivity index (χ4v) is 6.09. The van der Waals surface area contributed by atoms with Crippen LogP contribution in [0.5, 0.6) is 0 Å². The van der Waals surface area contributed by atoms with Gasteiger partial charge in [-0.3, -0.25) is 9.69 Å². The number of pyridine rings is 2. The molecular formula is C25H28FN3O3S. The first-order valence-electron chi connectivity index (χ1n) is 11.2. The van der Waals surface area contributed by atoms with E-state index in [2.05, 4.69) is 4.90 Å². The molecule has 3 aromatic rings. The topological polar surface area (TPSA) is 67.6 Å². The zero-order valence-corrected chi connectivity index (χ0v) is 20.0. The molecular weight excluding hydrogens is 441 g/mol. The highest BCUT2D eigenvalue weighted by Crippen LogP contribution is 2.37. The number of hydrogen-bond acceptors (Lipinski definition) is 6. The molecule has 0 amide bonds. The number of aryl methyl sites for hydroxylation is 2. The van der Waals surface area contributed by atoms with Crippen LogP contribution >= 0.6 is 11.8 Å². The number of methoxy groups -OCH3 is 1. The van der Waals surface area contributed by atoms with Crippen LogP contribution in [0.3, 0.4) is 0 Å². The molecule has 0 spiro atoms. The van der Waals surface area contributed by atoms with E-state index in [1.165, 1.54) is 6.07 Å². The van der Waals surface area contributed by atoms with E-state index in [9.17, 15) is 14.3 Å². The van der Waals surface area contributed by atoms with Gasteiger partial charge in [0.1, 0.15) is 5.82 Å². The number of benzene rings is 1. The van der Waals surface area contributed by atoms with E-state index >= 15 is 0 Å². The van der Waals surface area contributed by atoms with Crippen LogP contribution in [0, 0.1) is 19.7 Å². The summed E-state index contributed by atoms with van der Waals surface area (Å²) in [6.45, 7) is 5.98. The van der Waals surface area contributed by atoms with Crippen molar-refractivity contribution in [2.24, 2.45) is 0 Å². The van der Waals surface area contributed by atoms with Crippen LogP contribution in [-0.4, -0.2) is 57.4 Å². The summed E-state index contributed by atoms with van der Waals surface area (Å²) in [6, 6.07) is 5.43. The number of aliphatic hydroxyl groups is 1. The van der Waals surface area contributed by atoms with E-state index in [4.69, 9.17) is 9.72 Å². The van der Waals surface area contributed by atoms with Gasteiger partial charge in [0.15, 0.2) is 0 Å². The monoisotopic (exact) mass is 469 g/mol. The number of thioether (sulfide) groups is 1. The minimum absolute atomic E-state index is 0.0650. The Morgan fingerprint density at radius 1 is 1.24 bits per heavy atom. The summed E-state index contributed by atoms with van der Waals surface area (Å²) in [5, 5.41) is 10.9. The van der Waals surface area contributed by atoms with E-state index < -0.39 is 0 Å². The van der Waals surface area contributed by atoms with Gasteiger partial charge in [-0.25, -0.2) is 9.37 Å². The van der Waals surface area contributed by atoms with Crippen LogP contribution in [0.25, 0.3) is 22.3 Å². The summed E-state index contributed by atoms with van der Waals surface area (Å²) >= 11 is 1.85. The lowest BCUT2D eigenvalue weighted by atomic mass is 9.98. The summed E-state index contributed by atoms with van der Waals surface area (Å²) < 4.78 is 21.5. The first-order chi connectivity index (χ1) is 15.9. The second-order valence-corrected chi connectivity index (χ2v) is 10.1. The average molecular weight is 470 g/mol. The van der Waals surface area contributed by atoms with Crippen molar-refractivity contribution in [3.8, 4) is 11.4 Å². The van der Waals surface area contributed by atoms with Crippen LogP contribution in [0.1, 0.15) is 27.8 Å². The Labute approximate surface area is 196 Å². The third kappa shape index (κ3) is 3.79. The Kier molecular flexibility index (Phi) is 6.03. The van der Waals surface area contributed by atoms with Gasteiger partial charge in [0.2, 0.25) is 0 Å². The Morgan fingerprint density at radius 3 is 2.82 bits per heavy atom. The number of fused-ring (bicyclic) bond motifs is 4. The first-order valence-corrected chi connectivity index (χ1v) is 12.3. The van der Waals surface area contributed by atoms with Gasteiger partial charge in [0.25, 0.3) is 5.56 Å². The summed E-state index contributed by atoms with van der Waals surface area (Å²) in [4.78, 5) is 20.4. The highest BCUT2D eigenvalue weighted by molar-refractivity contribution is 7.99. The molecule has 2 aliphatic rings. The van der Waals surface area contributed by atoms with Gasteiger partial charge in [-0.05, 0) is 42.7 Å². The molecule has 0 saturated carbocycles. The van der Waals surface area contributed by atoms with Crippen molar-refractivity contribution >= 4 is 22.7 Å². The Morgan fingerprint density at radius 2 is 2.06 bits per heavy atom. The molecule has 5 rings (SSSR count). The molecule has 1 unspecified atom stereocenters. The Balaban J connectivity index is 1.72. The maximum Gasteiger partial charge on any atom is 0.257 e. The predicted octanol–water partition coefficient (Wildman–Crippen LogP) is 3.24. The summed E-state index contributed by atoms with van der Waals surface area (Å²) in [6.07, 6.45) is 0. The van der Waals surface area contributed by atoms with E-state index in [-0.39, 0.29) is 30.6 Å². The fourth-order valence-electron chi connectivity index (χ4n) is 4.97. The number of rotatable bonds is 5. The maximum absolute atomic E-state index is 14.5. The van der Waals surface area contributed by atoms with Crippen molar-refractivity contribution in [2.45, 2.75) is 39.6 Å². The number of aliphatic hydroxyl groups excluding tert-OH is 1. The van der Waals surface area contributed by atoms with Crippen LogP contribution in [-0.2, 0) is 24.4 Å². The second kappa shape index (κ2) is 8.83. The van der Waals surface area contributed by atoms with Gasteiger partial charge in [0, 0.05) is 60.3 Å². The van der Waals surface area contributed by atoms with Crippen LogP contribution in [0.2, 0.25) is 0 Å². The molecule has 2 aliphatic heterocycles. The molecule has 0 aliphatic carbocycles. The molecule has 1 saturated heterocycles. The SMILES string of the molecule is COCc1c(C)cc2n(c1=O)Cc1c-2nc2cc(F)c(C)cc2c1CN1CCSCC1CO. The molecule has 33 heavy (non-hydrogen) atoms. The number of nitrogens with zero attached hydrogens (tertiary/aromatic N) is 3. The molecule has 174 valence electrons. The highest BCUT2D eigenvalue weighted by atomic mass is 32.2. The Bertz CT molecular complexity index is 1310. The lowest BCUT2D eigenvalue weighted by Crippen LogP contribution is -2.44. The second-order valence-electron chi connectivity index (χ2n) is 8.93. The number of aromatic nitrogens is 2. The average Bonchev–Trinajstić information content (AvgIpc) is 3.16. The molecule has 2 aromatic heterocycles. The summed E-state index contributed by atoms with van der Waals surface area (Å²) in [5.74, 6) is 1.61. The zero-order valence-electron chi connectivity index (χ0n) is 19.2. The van der Waals surface area contributed by atoms with Gasteiger partial charge in [0.05, 0.1) is 36.7 Å². The van der Waals surface area contributed by atoms with Gasteiger partial charge < -0.3 is 14.4 Å². The van der Waals surface area contributed by atoms with Crippen molar-refractivity contribution in [1.82, 2.24) is 14.5 Å². The van der Waals surface area contributed by atoms with Gasteiger partial charge >= 0.3 is 0 Å². The zero-order chi connectivity index (χ0) is 23.3. The van der Waals surface area contributed by atoms with Gasteiger partial charge in [-0.1, -0.05) is 0 Å². The van der Waals surface area contributed by atoms with Crippen molar-refractivity contribution in [3.05, 3.63) is 62.2 Å². The standard InChI is InChI=1S/C25H28FN3O3S/c1-14-7-23-24-19(10-29(23)25(31)20(14)12-32-3)18(9-28-4-5-33-13-16(28)11-30)17-6-15(2)21(26)8-22(17)27-24/h6-8,16,30H,4-5,9-13H2,1-3H3. The van der Waals surface area contributed by atoms with Crippen LogP contribution in [0.15, 0.2) is 23.0 Å². The van der Waals surface area contributed by atoms with Crippen molar-refractivity contribution < 1.29 is 14.2 Å². The van der Waals surface area contributed by atoms with Crippen LogP contribution < -0.4 is 5.56 Å². The molecule has 6 nitrogen and oxygen atoms in total. The summed E-state index contributed by atoms with van der Waals surface area (Å²) in [5.41, 5.74) is 6.21. The molecule has 4 heterocycles. The predicted molar refractivity (Wildman–Crippen MR) is 129 cm³/mol. The van der Waals surface area contributed by atoms with Crippen molar-refractivity contribution in [3.63, 3.8) is 0 Å². The molecule has 8 heteroatoms. The number of hydrogen-bond donors (Lipinski definition) is 1. The van der Waals surface area contributed by atoms with E-state index in [0.29, 0.717) is 29.7 Å². The van der Waals surface area contributed by atoms with E-state index in [0.717, 1.165) is 51.5 Å². The quantitative estimate of drug-likeness (QED) is 0.484. The minimum atomic E-state index is -0.287. The normalized spacial score (nSPS) is 18.0. The lowest BCUT2D eigenvalue weighted by molar-refractivity contribution is 0.133. The molecule has 0 bridgehead atoms. The van der Waals surface area contributed by atoms with E-state index in [1.807, 2.05) is 30.8 Å². The first kappa shape index (κ1) is 22.5. The van der Waals surface area contributed by atoms with E-state index in [1.54, 1.807) is 18.6 Å².